The molecule has 5 nitrogen and oxygen atoms in total. The van der Waals surface area contributed by atoms with Crippen molar-refractivity contribution in [1.82, 2.24) is 0 Å². The summed E-state index contributed by atoms with van der Waals surface area (Å²) in [6.07, 6.45) is 1.49. The first-order valence-corrected chi connectivity index (χ1v) is 10.4. The molecule has 2 aliphatic rings. The van der Waals surface area contributed by atoms with Crippen LogP contribution in [0.3, 0.4) is 0 Å². The molecule has 0 saturated heterocycles. The van der Waals surface area contributed by atoms with Gasteiger partial charge in [-0.15, -0.1) is 0 Å². The molecular formula is C24H21ClN2O3. The summed E-state index contributed by atoms with van der Waals surface area (Å²) in [5, 5.41) is 17.8. The van der Waals surface area contributed by atoms with E-state index >= 15 is 0 Å². The number of ether oxygens (including phenoxy) is 2. The summed E-state index contributed by atoms with van der Waals surface area (Å²) >= 11 is 6.19. The molecule has 5 rings (SSSR count). The van der Waals surface area contributed by atoms with E-state index in [4.69, 9.17) is 26.2 Å². The molecule has 1 atom stereocenters. The predicted octanol–water partition coefficient (Wildman–Crippen LogP) is 5.56. The molecule has 1 N–H and O–H groups in total. The van der Waals surface area contributed by atoms with Crippen molar-refractivity contribution in [2.45, 2.75) is 18.9 Å². The van der Waals surface area contributed by atoms with Crippen molar-refractivity contribution in [1.29, 1.82) is 0 Å². The van der Waals surface area contributed by atoms with Crippen molar-refractivity contribution in [2.75, 3.05) is 18.2 Å². The Hall–Kier alpha value is -3.18. The maximum Gasteiger partial charge on any atom is 0.161 e. The van der Waals surface area contributed by atoms with Gasteiger partial charge in [-0.1, -0.05) is 35.9 Å². The van der Waals surface area contributed by atoms with E-state index in [9.17, 15) is 5.11 Å². The molecule has 0 saturated carbocycles. The quantitative estimate of drug-likeness (QED) is 0.602. The number of hydrogen-bond donors (Lipinski definition) is 1. The van der Waals surface area contributed by atoms with Gasteiger partial charge >= 0.3 is 0 Å². The maximum atomic E-state index is 10.4. The standard InChI is InChI=1S/C24H21ClN2O3/c25-17-8-9-22(28)19(14-17)20-15-21(27(26-20)18-5-2-1-3-6-18)16-7-10-23-24(13-16)30-12-4-11-29-23/h1-3,5-10,13-14,21,28H,4,11-12,15H2. The zero-order valence-electron chi connectivity index (χ0n) is 16.3. The molecule has 30 heavy (non-hydrogen) atoms. The average molecular weight is 421 g/mol. The summed E-state index contributed by atoms with van der Waals surface area (Å²) in [5.74, 6) is 1.71. The Kier molecular flexibility index (Phi) is 4.97. The number of benzene rings is 3. The van der Waals surface area contributed by atoms with E-state index in [2.05, 4.69) is 6.07 Å². The molecule has 0 aliphatic carbocycles. The van der Waals surface area contributed by atoms with E-state index < -0.39 is 0 Å². The summed E-state index contributed by atoms with van der Waals surface area (Å²) in [4.78, 5) is 0. The van der Waals surface area contributed by atoms with Gasteiger partial charge in [-0.25, -0.2) is 0 Å². The van der Waals surface area contributed by atoms with Crippen LogP contribution in [-0.2, 0) is 0 Å². The Labute approximate surface area is 180 Å². The normalized spacial score (nSPS) is 18.1. The first-order valence-electron chi connectivity index (χ1n) is 9.99. The van der Waals surface area contributed by atoms with Crippen molar-refractivity contribution in [3.8, 4) is 17.2 Å². The topological polar surface area (TPSA) is 54.3 Å². The van der Waals surface area contributed by atoms with Crippen LogP contribution in [0.25, 0.3) is 0 Å². The van der Waals surface area contributed by atoms with Gasteiger partial charge in [0.25, 0.3) is 0 Å². The number of hydrazone groups is 1. The fraction of sp³-hybridized carbons (Fsp3) is 0.208. The van der Waals surface area contributed by atoms with Crippen LogP contribution >= 0.6 is 11.6 Å². The number of phenols is 1. The fourth-order valence-corrected chi connectivity index (χ4v) is 4.05. The molecule has 0 radical (unpaired) electrons. The van der Waals surface area contributed by atoms with E-state index in [0.29, 0.717) is 30.2 Å². The minimum absolute atomic E-state index is 0.0436. The number of aromatic hydroxyl groups is 1. The summed E-state index contributed by atoms with van der Waals surface area (Å²) in [7, 11) is 0. The van der Waals surface area contributed by atoms with Gasteiger partial charge in [0.2, 0.25) is 0 Å². The summed E-state index contributed by atoms with van der Waals surface area (Å²) in [6, 6.07) is 21.1. The second kappa shape index (κ2) is 7.92. The van der Waals surface area contributed by atoms with Crippen molar-refractivity contribution in [3.05, 3.63) is 82.9 Å². The zero-order chi connectivity index (χ0) is 20.5. The lowest BCUT2D eigenvalue weighted by molar-refractivity contribution is 0.297. The van der Waals surface area contributed by atoms with Gasteiger partial charge in [0.15, 0.2) is 11.5 Å². The van der Waals surface area contributed by atoms with E-state index in [1.54, 1.807) is 18.2 Å². The second-order valence-electron chi connectivity index (χ2n) is 7.36. The van der Waals surface area contributed by atoms with E-state index in [-0.39, 0.29) is 11.8 Å². The van der Waals surface area contributed by atoms with Crippen LogP contribution in [0.4, 0.5) is 5.69 Å². The second-order valence-corrected chi connectivity index (χ2v) is 7.80. The molecule has 2 heterocycles. The van der Waals surface area contributed by atoms with Gasteiger partial charge in [-0.2, -0.15) is 5.10 Å². The molecule has 6 heteroatoms. The molecule has 0 fully saturated rings. The lowest BCUT2D eigenvalue weighted by Gasteiger charge is -2.24. The lowest BCUT2D eigenvalue weighted by Crippen LogP contribution is -2.18. The molecule has 0 aromatic heterocycles. The van der Waals surface area contributed by atoms with Crippen LogP contribution < -0.4 is 14.5 Å². The first kappa shape index (κ1) is 18.8. The number of fused-ring (bicyclic) bond motifs is 1. The van der Waals surface area contributed by atoms with Crippen molar-refractivity contribution in [3.63, 3.8) is 0 Å². The number of anilines is 1. The van der Waals surface area contributed by atoms with Gasteiger partial charge in [-0.3, -0.25) is 5.01 Å². The summed E-state index contributed by atoms with van der Waals surface area (Å²) < 4.78 is 11.7. The van der Waals surface area contributed by atoms with Gasteiger partial charge < -0.3 is 14.6 Å². The third-order valence-electron chi connectivity index (χ3n) is 5.36. The number of phenolic OH excluding ortho intramolecular Hbond substituents is 1. The van der Waals surface area contributed by atoms with Crippen molar-refractivity contribution >= 4 is 23.0 Å². The molecule has 0 bridgehead atoms. The first-order chi connectivity index (χ1) is 14.7. The number of hydrogen-bond acceptors (Lipinski definition) is 5. The summed E-state index contributed by atoms with van der Waals surface area (Å²) in [5.41, 5.74) is 3.49. The largest absolute Gasteiger partial charge is 0.507 e. The average Bonchev–Trinajstić information content (AvgIpc) is 3.08. The van der Waals surface area contributed by atoms with Crippen molar-refractivity contribution < 1.29 is 14.6 Å². The summed E-state index contributed by atoms with van der Waals surface area (Å²) in [6.45, 7) is 1.30. The highest BCUT2D eigenvalue weighted by Gasteiger charge is 2.31. The molecular weight excluding hydrogens is 400 g/mol. The minimum atomic E-state index is -0.0436. The maximum absolute atomic E-state index is 10.4. The number of para-hydroxylation sites is 1. The fourth-order valence-electron chi connectivity index (χ4n) is 3.88. The molecule has 0 spiro atoms. The molecule has 3 aromatic carbocycles. The monoisotopic (exact) mass is 420 g/mol. The lowest BCUT2D eigenvalue weighted by atomic mass is 9.97. The highest BCUT2D eigenvalue weighted by atomic mass is 35.5. The molecule has 2 aliphatic heterocycles. The van der Waals surface area contributed by atoms with E-state index in [1.165, 1.54) is 0 Å². The van der Waals surface area contributed by atoms with Crippen LogP contribution in [0.1, 0.15) is 30.0 Å². The Morgan fingerprint density at radius 2 is 1.73 bits per heavy atom. The van der Waals surface area contributed by atoms with Crippen LogP contribution in [0.2, 0.25) is 5.02 Å². The van der Waals surface area contributed by atoms with Crippen LogP contribution in [0, 0.1) is 0 Å². The van der Waals surface area contributed by atoms with E-state index in [0.717, 1.165) is 34.9 Å². The minimum Gasteiger partial charge on any atom is -0.507 e. The molecule has 0 amide bonds. The van der Waals surface area contributed by atoms with Crippen LogP contribution in [0.15, 0.2) is 71.8 Å². The van der Waals surface area contributed by atoms with Crippen LogP contribution in [0.5, 0.6) is 17.2 Å². The Morgan fingerprint density at radius 1 is 0.933 bits per heavy atom. The Balaban J connectivity index is 1.56. The smallest absolute Gasteiger partial charge is 0.161 e. The van der Waals surface area contributed by atoms with Gasteiger partial charge in [0, 0.05) is 23.4 Å². The Bertz CT molecular complexity index is 1100. The number of rotatable bonds is 3. The third-order valence-corrected chi connectivity index (χ3v) is 5.59. The van der Waals surface area contributed by atoms with E-state index in [1.807, 2.05) is 47.5 Å². The molecule has 152 valence electrons. The highest BCUT2D eigenvalue weighted by molar-refractivity contribution is 6.31. The highest BCUT2D eigenvalue weighted by Crippen LogP contribution is 2.41. The van der Waals surface area contributed by atoms with Crippen molar-refractivity contribution in [2.24, 2.45) is 5.10 Å². The predicted molar refractivity (Wildman–Crippen MR) is 118 cm³/mol. The van der Waals surface area contributed by atoms with Gasteiger partial charge in [0.1, 0.15) is 5.75 Å². The van der Waals surface area contributed by atoms with Gasteiger partial charge in [-0.05, 0) is 48.0 Å². The molecule has 3 aromatic rings. The number of nitrogens with zero attached hydrogens (tertiary/aromatic N) is 2. The number of halogens is 1. The third kappa shape index (κ3) is 3.57. The van der Waals surface area contributed by atoms with Crippen LogP contribution in [-0.4, -0.2) is 24.0 Å². The van der Waals surface area contributed by atoms with Gasteiger partial charge in [0.05, 0.1) is 30.7 Å². The molecule has 1 unspecified atom stereocenters. The zero-order valence-corrected chi connectivity index (χ0v) is 17.0. The SMILES string of the molecule is Oc1ccc(Cl)cc1C1=NN(c2ccccc2)C(c2ccc3c(c2)OCCCO3)C1. The Morgan fingerprint density at radius 3 is 2.57 bits per heavy atom.